The molecule has 60 valence electrons. The van der Waals surface area contributed by atoms with Gasteiger partial charge in [-0.15, -0.1) is 0 Å². The molecule has 0 bridgehead atoms. The van der Waals surface area contributed by atoms with Crippen molar-refractivity contribution in [2.45, 2.75) is 20.5 Å². The lowest BCUT2D eigenvalue weighted by Gasteiger charge is -2.03. The normalized spacial score (nSPS) is 10.1. The van der Waals surface area contributed by atoms with Gasteiger partial charge in [0.25, 0.3) is 0 Å². The summed E-state index contributed by atoms with van der Waals surface area (Å²) in [5.74, 6) is 0. The van der Waals surface area contributed by atoms with Gasteiger partial charge < -0.3 is 4.74 Å². The van der Waals surface area contributed by atoms with E-state index in [1.54, 1.807) is 7.11 Å². The van der Waals surface area contributed by atoms with Crippen LogP contribution in [0, 0.1) is 13.8 Å². The van der Waals surface area contributed by atoms with Gasteiger partial charge in [-0.05, 0) is 25.5 Å². The van der Waals surface area contributed by atoms with Gasteiger partial charge in [0.2, 0.25) is 0 Å². The molecule has 0 radical (unpaired) electrons. The maximum absolute atomic E-state index is 5.01. The molecule has 0 saturated carbocycles. The first-order valence-corrected chi connectivity index (χ1v) is 3.66. The average molecular weight is 151 g/mol. The number of methoxy groups -OCH3 is 1. The molecule has 0 spiro atoms. The third-order valence-electron chi connectivity index (χ3n) is 1.63. The van der Waals surface area contributed by atoms with E-state index >= 15 is 0 Å². The zero-order valence-electron chi connectivity index (χ0n) is 7.22. The van der Waals surface area contributed by atoms with Crippen LogP contribution in [0.5, 0.6) is 0 Å². The number of ether oxygens (including phenoxy) is 1. The molecule has 0 N–H and O–H groups in total. The molecule has 0 saturated heterocycles. The van der Waals surface area contributed by atoms with Gasteiger partial charge in [0, 0.05) is 18.5 Å². The van der Waals surface area contributed by atoms with Crippen molar-refractivity contribution in [3.05, 3.63) is 29.1 Å². The quantitative estimate of drug-likeness (QED) is 0.643. The number of hydrogen-bond donors (Lipinski definition) is 0. The van der Waals surface area contributed by atoms with Gasteiger partial charge in [0.15, 0.2) is 0 Å². The number of hydrogen-bond acceptors (Lipinski definition) is 2. The maximum atomic E-state index is 5.01. The van der Waals surface area contributed by atoms with E-state index < -0.39 is 0 Å². The molecular formula is C9H13NO. The van der Waals surface area contributed by atoms with Crippen LogP contribution in [0.2, 0.25) is 0 Å². The molecule has 0 fully saturated rings. The number of rotatable bonds is 2. The van der Waals surface area contributed by atoms with Crippen molar-refractivity contribution < 1.29 is 4.74 Å². The lowest BCUT2D eigenvalue weighted by molar-refractivity contribution is 0.184. The van der Waals surface area contributed by atoms with Crippen LogP contribution < -0.4 is 0 Å². The van der Waals surface area contributed by atoms with Crippen molar-refractivity contribution in [1.82, 2.24) is 4.98 Å². The standard InChI is InChI=1S/C9H13NO/c1-7-4-5-9(6-11-3)8(2)10-7/h4-5H,6H2,1-3H3. The number of aryl methyl sites for hydroxylation is 2. The van der Waals surface area contributed by atoms with E-state index in [0.29, 0.717) is 6.61 Å². The first-order valence-electron chi connectivity index (χ1n) is 3.66. The largest absolute Gasteiger partial charge is 0.380 e. The van der Waals surface area contributed by atoms with Gasteiger partial charge in [0.05, 0.1) is 6.61 Å². The summed E-state index contributed by atoms with van der Waals surface area (Å²) in [6.45, 7) is 4.64. The molecule has 1 heterocycles. The monoisotopic (exact) mass is 151 g/mol. The van der Waals surface area contributed by atoms with Gasteiger partial charge in [-0.3, -0.25) is 4.98 Å². The third kappa shape index (κ3) is 2.02. The number of nitrogens with zero attached hydrogens (tertiary/aromatic N) is 1. The fraction of sp³-hybridized carbons (Fsp3) is 0.444. The van der Waals surface area contributed by atoms with E-state index in [-0.39, 0.29) is 0 Å². The minimum Gasteiger partial charge on any atom is -0.380 e. The average Bonchev–Trinajstić information content (AvgIpc) is 1.95. The highest BCUT2D eigenvalue weighted by atomic mass is 16.5. The van der Waals surface area contributed by atoms with Crippen molar-refractivity contribution >= 4 is 0 Å². The lowest BCUT2D eigenvalue weighted by atomic mass is 10.2. The number of aromatic nitrogens is 1. The van der Waals surface area contributed by atoms with E-state index in [1.165, 1.54) is 0 Å². The predicted octanol–water partition coefficient (Wildman–Crippen LogP) is 1.84. The first kappa shape index (κ1) is 8.21. The molecule has 1 aromatic heterocycles. The summed E-state index contributed by atoms with van der Waals surface area (Å²) >= 11 is 0. The smallest absolute Gasteiger partial charge is 0.0730 e. The fourth-order valence-corrected chi connectivity index (χ4v) is 1.02. The molecule has 0 aliphatic heterocycles. The fourth-order valence-electron chi connectivity index (χ4n) is 1.02. The van der Waals surface area contributed by atoms with Crippen LogP contribution in [0.25, 0.3) is 0 Å². The Bertz CT molecular complexity index is 245. The zero-order chi connectivity index (χ0) is 8.27. The highest BCUT2D eigenvalue weighted by molar-refractivity contribution is 5.20. The highest BCUT2D eigenvalue weighted by Crippen LogP contribution is 2.06. The van der Waals surface area contributed by atoms with Crippen molar-refractivity contribution in [3.8, 4) is 0 Å². The Labute approximate surface area is 67.2 Å². The Morgan fingerprint density at radius 3 is 2.64 bits per heavy atom. The molecule has 0 amide bonds. The van der Waals surface area contributed by atoms with Crippen LogP contribution in [-0.2, 0) is 11.3 Å². The van der Waals surface area contributed by atoms with Gasteiger partial charge in [-0.25, -0.2) is 0 Å². The molecule has 0 aliphatic carbocycles. The minimum absolute atomic E-state index is 0.652. The molecular weight excluding hydrogens is 138 g/mol. The van der Waals surface area contributed by atoms with Crippen LogP contribution in [-0.4, -0.2) is 12.1 Å². The topological polar surface area (TPSA) is 22.1 Å². The second-order valence-electron chi connectivity index (χ2n) is 2.63. The van der Waals surface area contributed by atoms with Crippen LogP contribution >= 0.6 is 0 Å². The molecule has 2 nitrogen and oxygen atoms in total. The van der Waals surface area contributed by atoms with Gasteiger partial charge >= 0.3 is 0 Å². The summed E-state index contributed by atoms with van der Waals surface area (Å²) in [4.78, 5) is 4.31. The molecule has 1 aromatic rings. The van der Waals surface area contributed by atoms with E-state index in [0.717, 1.165) is 17.0 Å². The van der Waals surface area contributed by atoms with Crippen LogP contribution in [0.3, 0.4) is 0 Å². The summed E-state index contributed by atoms with van der Waals surface area (Å²) < 4.78 is 5.01. The Hall–Kier alpha value is -0.890. The van der Waals surface area contributed by atoms with Crippen molar-refractivity contribution in [2.24, 2.45) is 0 Å². The zero-order valence-corrected chi connectivity index (χ0v) is 7.22. The van der Waals surface area contributed by atoms with Crippen LogP contribution in [0.1, 0.15) is 17.0 Å². The summed E-state index contributed by atoms with van der Waals surface area (Å²) in [5.41, 5.74) is 3.28. The summed E-state index contributed by atoms with van der Waals surface area (Å²) in [6.07, 6.45) is 0. The van der Waals surface area contributed by atoms with E-state index in [9.17, 15) is 0 Å². The molecule has 2 heteroatoms. The Kier molecular flexibility index (Phi) is 2.60. The van der Waals surface area contributed by atoms with Gasteiger partial charge in [0.1, 0.15) is 0 Å². The molecule has 11 heavy (non-hydrogen) atoms. The number of pyridine rings is 1. The second kappa shape index (κ2) is 3.49. The SMILES string of the molecule is COCc1ccc(C)nc1C. The maximum Gasteiger partial charge on any atom is 0.0730 e. The molecule has 0 aromatic carbocycles. The Morgan fingerprint density at radius 2 is 2.09 bits per heavy atom. The van der Waals surface area contributed by atoms with Gasteiger partial charge in [-0.1, -0.05) is 6.07 Å². The van der Waals surface area contributed by atoms with Crippen LogP contribution in [0.15, 0.2) is 12.1 Å². The van der Waals surface area contributed by atoms with Crippen molar-refractivity contribution in [1.29, 1.82) is 0 Å². The minimum atomic E-state index is 0.652. The molecule has 0 unspecified atom stereocenters. The summed E-state index contributed by atoms with van der Waals surface area (Å²) in [6, 6.07) is 4.06. The van der Waals surface area contributed by atoms with Gasteiger partial charge in [-0.2, -0.15) is 0 Å². The van der Waals surface area contributed by atoms with E-state index in [2.05, 4.69) is 11.1 Å². The molecule has 0 atom stereocenters. The third-order valence-corrected chi connectivity index (χ3v) is 1.63. The first-order chi connectivity index (χ1) is 5.24. The Balaban J connectivity index is 2.90. The molecule has 1 rings (SSSR count). The van der Waals surface area contributed by atoms with Crippen molar-refractivity contribution in [3.63, 3.8) is 0 Å². The highest BCUT2D eigenvalue weighted by Gasteiger charge is 1.97. The lowest BCUT2D eigenvalue weighted by Crippen LogP contribution is -1.95. The van der Waals surface area contributed by atoms with E-state index in [1.807, 2.05) is 19.9 Å². The Morgan fingerprint density at radius 1 is 1.36 bits per heavy atom. The van der Waals surface area contributed by atoms with Crippen LogP contribution in [0.4, 0.5) is 0 Å². The predicted molar refractivity (Wildman–Crippen MR) is 44.4 cm³/mol. The van der Waals surface area contributed by atoms with Crippen molar-refractivity contribution in [2.75, 3.05) is 7.11 Å². The summed E-state index contributed by atoms with van der Waals surface area (Å²) in [5, 5.41) is 0. The second-order valence-corrected chi connectivity index (χ2v) is 2.63. The summed E-state index contributed by atoms with van der Waals surface area (Å²) in [7, 11) is 1.69. The molecule has 0 aliphatic rings. The van der Waals surface area contributed by atoms with E-state index in [4.69, 9.17) is 4.74 Å².